The van der Waals surface area contributed by atoms with E-state index in [4.69, 9.17) is 9.84 Å². The summed E-state index contributed by atoms with van der Waals surface area (Å²) in [4.78, 5) is 11.3. The van der Waals surface area contributed by atoms with Gasteiger partial charge in [-0.3, -0.25) is 4.79 Å². The molecule has 0 fully saturated rings. The first kappa shape index (κ1) is 13.5. The van der Waals surface area contributed by atoms with Gasteiger partial charge in [0, 0.05) is 19.6 Å². The summed E-state index contributed by atoms with van der Waals surface area (Å²) < 4.78 is 5.37. The molecule has 1 rings (SSSR count). The topological polar surface area (TPSA) is 58.6 Å². The third-order valence-electron chi connectivity index (χ3n) is 2.26. The van der Waals surface area contributed by atoms with Gasteiger partial charge < -0.3 is 15.2 Å². The molecule has 0 saturated heterocycles. The van der Waals surface area contributed by atoms with Gasteiger partial charge in [0.2, 0.25) is 5.91 Å². The van der Waals surface area contributed by atoms with Crippen molar-refractivity contribution < 1.29 is 14.6 Å². The molecule has 0 saturated carbocycles. The summed E-state index contributed by atoms with van der Waals surface area (Å²) in [6.07, 6.45) is 0.868. The molecule has 94 valence electrons. The number of aliphatic hydroxyl groups excluding tert-OH is 1. The number of benzene rings is 1. The Bertz CT molecular complexity index is 352. The van der Waals surface area contributed by atoms with Crippen molar-refractivity contribution in [3.63, 3.8) is 0 Å². The number of carbonyl (C=O) groups excluding carboxylic acids is 1. The minimum atomic E-state index is -0.0409. The first-order chi connectivity index (χ1) is 8.26. The lowest BCUT2D eigenvalue weighted by Gasteiger charge is -2.07. The highest BCUT2D eigenvalue weighted by Crippen LogP contribution is 2.12. The Labute approximate surface area is 102 Å². The van der Waals surface area contributed by atoms with Crippen LogP contribution in [0.5, 0.6) is 5.75 Å². The van der Waals surface area contributed by atoms with Crippen molar-refractivity contribution in [3.05, 3.63) is 29.8 Å². The minimum Gasteiger partial charge on any atom is -0.494 e. The van der Waals surface area contributed by atoms with Crippen LogP contribution < -0.4 is 10.1 Å². The molecule has 0 atom stereocenters. The van der Waals surface area contributed by atoms with Gasteiger partial charge in [-0.1, -0.05) is 12.1 Å². The number of rotatable bonds is 7. The molecule has 1 aromatic rings. The van der Waals surface area contributed by atoms with Crippen LogP contribution in [0.15, 0.2) is 24.3 Å². The molecule has 1 aromatic carbocycles. The van der Waals surface area contributed by atoms with E-state index in [1.165, 1.54) is 0 Å². The number of carbonyl (C=O) groups is 1. The van der Waals surface area contributed by atoms with Crippen molar-refractivity contribution in [1.82, 2.24) is 5.32 Å². The highest BCUT2D eigenvalue weighted by Gasteiger charge is 2.01. The molecule has 0 heterocycles. The molecule has 0 aliphatic heterocycles. The summed E-state index contributed by atoms with van der Waals surface area (Å²) in [5, 5.41) is 11.4. The fraction of sp³-hybridized carbons (Fsp3) is 0.462. The van der Waals surface area contributed by atoms with Gasteiger partial charge in [0.25, 0.3) is 0 Å². The Kier molecular flexibility index (Phi) is 6.10. The van der Waals surface area contributed by atoms with Gasteiger partial charge in [0.15, 0.2) is 0 Å². The summed E-state index contributed by atoms with van der Waals surface area (Å²) in [7, 11) is 0. The van der Waals surface area contributed by atoms with Gasteiger partial charge in [-0.15, -0.1) is 0 Å². The zero-order chi connectivity index (χ0) is 12.5. The van der Waals surface area contributed by atoms with E-state index >= 15 is 0 Å². The summed E-state index contributed by atoms with van der Waals surface area (Å²) >= 11 is 0. The zero-order valence-electron chi connectivity index (χ0n) is 10.1. The molecule has 4 heteroatoms. The second kappa shape index (κ2) is 7.68. The van der Waals surface area contributed by atoms with E-state index in [2.05, 4.69) is 5.32 Å². The molecule has 0 spiro atoms. The van der Waals surface area contributed by atoms with Crippen molar-refractivity contribution in [2.75, 3.05) is 13.2 Å². The van der Waals surface area contributed by atoms with Crippen LogP contribution in [-0.4, -0.2) is 24.2 Å². The molecule has 1 amide bonds. The Morgan fingerprint density at radius 2 is 2.29 bits per heavy atom. The van der Waals surface area contributed by atoms with Gasteiger partial charge in [0.05, 0.1) is 6.61 Å². The van der Waals surface area contributed by atoms with Gasteiger partial charge in [-0.05, 0) is 31.0 Å². The van der Waals surface area contributed by atoms with Crippen molar-refractivity contribution in [2.45, 2.75) is 26.3 Å². The molecule has 0 aliphatic rings. The summed E-state index contributed by atoms with van der Waals surface area (Å²) in [5.41, 5.74) is 1.01. The number of nitrogens with one attached hydrogen (secondary N) is 1. The lowest BCUT2D eigenvalue weighted by Crippen LogP contribution is -2.22. The monoisotopic (exact) mass is 237 g/mol. The lowest BCUT2D eigenvalue weighted by atomic mass is 10.2. The summed E-state index contributed by atoms with van der Waals surface area (Å²) in [6, 6.07) is 7.64. The van der Waals surface area contributed by atoms with Gasteiger partial charge in [0.1, 0.15) is 5.75 Å². The van der Waals surface area contributed by atoms with Crippen LogP contribution >= 0.6 is 0 Å². The number of hydrogen-bond acceptors (Lipinski definition) is 3. The van der Waals surface area contributed by atoms with Crippen molar-refractivity contribution >= 4 is 5.91 Å². The first-order valence-corrected chi connectivity index (χ1v) is 5.85. The Balaban J connectivity index is 2.40. The smallest absolute Gasteiger partial charge is 0.220 e. The Morgan fingerprint density at radius 1 is 1.47 bits per heavy atom. The van der Waals surface area contributed by atoms with Gasteiger partial charge in [-0.2, -0.15) is 0 Å². The highest BCUT2D eigenvalue weighted by atomic mass is 16.5. The van der Waals surface area contributed by atoms with E-state index in [1.807, 2.05) is 31.2 Å². The molecule has 0 radical (unpaired) electrons. The lowest BCUT2D eigenvalue weighted by molar-refractivity contribution is -0.121. The van der Waals surface area contributed by atoms with E-state index in [9.17, 15) is 4.79 Å². The molecular weight excluding hydrogens is 218 g/mol. The number of aliphatic hydroxyl groups is 1. The number of amides is 1. The van der Waals surface area contributed by atoms with Crippen LogP contribution in [0.25, 0.3) is 0 Å². The highest BCUT2D eigenvalue weighted by molar-refractivity contribution is 5.75. The Hall–Kier alpha value is -1.55. The average Bonchev–Trinajstić information content (AvgIpc) is 2.35. The summed E-state index contributed by atoms with van der Waals surface area (Å²) in [6.45, 7) is 3.11. The van der Waals surface area contributed by atoms with E-state index in [1.54, 1.807) is 0 Å². The van der Waals surface area contributed by atoms with Gasteiger partial charge in [-0.25, -0.2) is 0 Å². The van der Waals surface area contributed by atoms with Crippen molar-refractivity contribution in [1.29, 1.82) is 0 Å². The van der Waals surface area contributed by atoms with Crippen LogP contribution in [-0.2, 0) is 11.3 Å². The van der Waals surface area contributed by atoms with Crippen LogP contribution in [0, 0.1) is 0 Å². The first-order valence-electron chi connectivity index (χ1n) is 5.85. The molecular formula is C13H19NO3. The fourth-order valence-electron chi connectivity index (χ4n) is 1.44. The maximum absolute atomic E-state index is 11.3. The van der Waals surface area contributed by atoms with E-state index < -0.39 is 0 Å². The minimum absolute atomic E-state index is 0.0409. The largest absolute Gasteiger partial charge is 0.494 e. The average molecular weight is 237 g/mol. The van der Waals surface area contributed by atoms with Crippen molar-refractivity contribution in [2.24, 2.45) is 0 Å². The quantitative estimate of drug-likeness (QED) is 0.755. The Morgan fingerprint density at radius 3 is 3.00 bits per heavy atom. The van der Waals surface area contributed by atoms with E-state index in [0.29, 0.717) is 26.0 Å². The molecule has 0 unspecified atom stereocenters. The third kappa shape index (κ3) is 5.36. The maximum atomic E-state index is 11.3. The van der Waals surface area contributed by atoms with Gasteiger partial charge >= 0.3 is 0 Å². The maximum Gasteiger partial charge on any atom is 0.220 e. The SMILES string of the molecule is CCOc1cccc(CNC(=O)CCCO)c1. The second-order valence-corrected chi connectivity index (χ2v) is 3.68. The van der Waals surface area contributed by atoms with Crippen LogP contribution in [0.2, 0.25) is 0 Å². The standard InChI is InChI=1S/C13H19NO3/c1-2-17-12-6-3-5-11(9-12)10-14-13(16)7-4-8-15/h3,5-6,9,15H,2,4,7-8,10H2,1H3,(H,14,16). The molecule has 0 bridgehead atoms. The van der Waals surface area contributed by atoms with E-state index in [0.717, 1.165) is 11.3 Å². The molecule has 17 heavy (non-hydrogen) atoms. The van der Waals surface area contributed by atoms with E-state index in [-0.39, 0.29) is 12.5 Å². The van der Waals surface area contributed by atoms with Crippen LogP contribution in [0.1, 0.15) is 25.3 Å². The summed E-state index contributed by atoms with van der Waals surface area (Å²) in [5.74, 6) is 0.774. The molecule has 2 N–H and O–H groups in total. The fourth-order valence-corrected chi connectivity index (χ4v) is 1.44. The van der Waals surface area contributed by atoms with Crippen LogP contribution in [0.3, 0.4) is 0 Å². The molecule has 0 aromatic heterocycles. The second-order valence-electron chi connectivity index (χ2n) is 3.68. The van der Waals surface area contributed by atoms with Crippen LogP contribution in [0.4, 0.5) is 0 Å². The third-order valence-corrected chi connectivity index (χ3v) is 2.26. The number of ether oxygens (including phenoxy) is 1. The van der Waals surface area contributed by atoms with Crippen molar-refractivity contribution in [3.8, 4) is 5.75 Å². The number of hydrogen-bond donors (Lipinski definition) is 2. The predicted octanol–water partition coefficient (Wildman–Crippen LogP) is 1.47. The molecule has 0 aliphatic carbocycles. The zero-order valence-corrected chi connectivity index (χ0v) is 10.1. The molecule has 4 nitrogen and oxygen atoms in total. The normalized spacial score (nSPS) is 10.0. The predicted molar refractivity (Wildman–Crippen MR) is 65.8 cm³/mol.